The Hall–Kier alpha value is -2.31. The molecule has 1 unspecified atom stereocenters. The molecule has 2 heterocycles. The zero-order chi connectivity index (χ0) is 18.8. The van der Waals surface area contributed by atoms with Gasteiger partial charge in [0.1, 0.15) is 5.82 Å². The van der Waals surface area contributed by atoms with E-state index in [0.717, 1.165) is 35.3 Å². The van der Waals surface area contributed by atoms with E-state index in [-0.39, 0.29) is 17.8 Å². The average molecular weight is 384 g/mol. The van der Waals surface area contributed by atoms with Crippen molar-refractivity contribution in [3.05, 3.63) is 59.4 Å². The zero-order valence-corrected chi connectivity index (χ0v) is 16.0. The fourth-order valence-electron chi connectivity index (χ4n) is 3.37. The Morgan fingerprint density at radius 2 is 2.22 bits per heavy atom. The van der Waals surface area contributed by atoms with E-state index in [0.29, 0.717) is 23.6 Å². The summed E-state index contributed by atoms with van der Waals surface area (Å²) in [4.78, 5) is 19.4. The summed E-state index contributed by atoms with van der Waals surface area (Å²) in [5.41, 5.74) is 2.81. The Morgan fingerprint density at radius 1 is 1.33 bits per heavy atom. The van der Waals surface area contributed by atoms with Crippen LogP contribution in [0.3, 0.4) is 0 Å². The Morgan fingerprint density at radius 3 is 3.00 bits per heavy atom. The van der Waals surface area contributed by atoms with Crippen molar-refractivity contribution >= 4 is 32.6 Å². The lowest BCUT2D eigenvalue weighted by atomic mass is 10.1. The van der Waals surface area contributed by atoms with Crippen molar-refractivity contribution in [2.24, 2.45) is 0 Å². The Kier molecular flexibility index (Phi) is 5.18. The van der Waals surface area contributed by atoms with Gasteiger partial charge in [0, 0.05) is 6.61 Å². The number of aryl methyl sites for hydroxylation is 1. The lowest BCUT2D eigenvalue weighted by molar-refractivity contribution is -0.118. The number of benzene rings is 2. The molecule has 1 aliphatic heterocycles. The molecule has 0 bridgehead atoms. The maximum absolute atomic E-state index is 13.5. The summed E-state index contributed by atoms with van der Waals surface area (Å²) in [7, 11) is 0. The van der Waals surface area contributed by atoms with Crippen LogP contribution in [0.25, 0.3) is 10.2 Å². The monoisotopic (exact) mass is 384 g/mol. The van der Waals surface area contributed by atoms with Gasteiger partial charge in [-0.3, -0.25) is 9.69 Å². The summed E-state index contributed by atoms with van der Waals surface area (Å²) in [5, 5.41) is 0.601. The summed E-state index contributed by atoms with van der Waals surface area (Å²) in [6, 6.07) is 12.5. The second-order valence-corrected chi connectivity index (χ2v) is 7.92. The minimum Gasteiger partial charge on any atom is -0.376 e. The van der Waals surface area contributed by atoms with Crippen LogP contribution in [0.2, 0.25) is 0 Å². The standard InChI is InChI=1S/C21H21FN2O2S/c1-14-4-2-5-15(10-14)11-20(25)24(13-17-6-3-9-26-17)21-23-18-8-7-16(22)12-19(18)27-21/h2,4-5,7-8,10,12,17H,3,6,9,11,13H2,1H3. The number of aromatic nitrogens is 1. The lowest BCUT2D eigenvalue weighted by Crippen LogP contribution is -2.38. The first-order chi connectivity index (χ1) is 13.1. The first-order valence-corrected chi connectivity index (χ1v) is 9.94. The molecule has 0 N–H and O–H groups in total. The highest BCUT2D eigenvalue weighted by Gasteiger charge is 2.26. The number of carbonyl (C=O) groups is 1. The van der Waals surface area contributed by atoms with Gasteiger partial charge in [-0.25, -0.2) is 9.37 Å². The van der Waals surface area contributed by atoms with Gasteiger partial charge in [-0.2, -0.15) is 0 Å². The Balaban J connectivity index is 1.63. The van der Waals surface area contributed by atoms with E-state index in [1.54, 1.807) is 11.0 Å². The van der Waals surface area contributed by atoms with Crippen molar-refractivity contribution in [3.63, 3.8) is 0 Å². The Labute approximate surface area is 161 Å². The Bertz CT molecular complexity index is 966. The third-order valence-electron chi connectivity index (χ3n) is 4.72. The van der Waals surface area contributed by atoms with E-state index in [2.05, 4.69) is 4.98 Å². The molecule has 1 fully saturated rings. The van der Waals surface area contributed by atoms with Gasteiger partial charge < -0.3 is 4.74 Å². The van der Waals surface area contributed by atoms with Crippen LogP contribution in [0.1, 0.15) is 24.0 Å². The molecule has 1 saturated heterocycles. The number of hydrogen-bond donors (Lipinski definition) is 0. The van der Waals surface area contributed by atoms with E-state index in [1.165, 1.54) is 23.5 Å². The van der Waals surface area contributed by atoms with Crippen LogP contribution >= 0.6 is 11.3 Å². The second-order valence-electron chi connectivity index (χ2n) is 6.91. The normalized spacial score (nSPS) is 16.7. The quantitative estimate of drug-likeness (QED) is 0.650. The largest absolute Gasteiger partial charge is 0.376 e. The van der Waals surface area contributed by atoms with Gasteiger partial charge in [-0.1, -0.05) is 41.2 Å². The van der Waals surface area contributed by atoms with Crippen molar-refractivity contribution in [2.75, 3.05) is 18.1 Å². The molecule has 1 atom stereocenters. The number of rotatable bonds is 5. The van der Waals surface area contributed by atoms with Gasteiger partial charge in [0.25, 0.3) is 0 Å². The highest BCUT2D eigenvalue weighted by molar-refractivity contribution is 7.22. The van der Waals surface area contributed by atoms with E-state index < -0.39 is 0 Å². The molecule has 0 aliphatic carbocycles. The zero-order valence-electron chi connectivity index (χ0n) is 15.2. The molecule has 27 heavy (non-hydrogen) atoms. The number of halogens is 1. The van der Waals surface area contributed by atoms with Crippen molar-refractivity contribution in [2.45, 2.75) is 32.3 Å². The van der Waals surface area contributed by atoms with Crippen molar-refractivity contribution in [1.29, 1.82) is 0 Å². The van der Waals surface area contributed by atoms with Crippen LogP contribution in [-0.2, 0) is 16.0 Å². The van der Waals surface area contributed by atoms with E-state index in [1.807, 2.05) is 31.2 Å². The molecule has 140 valence electrons. The van der Waals surface area contributed by atoms with E-state index in [9.17, 15) is 9.18 Å². The summed E-state index contributed by atoms with van der Waals surface area (Å²) in [6.45, 7) is 3.22. The average Bonchev–Trinajstić information content (AvgIpc) is 3.28. The number of ether oxygens (including phenoxy) is 1. The lowest BCUT2D eigenvalue weighted by Gasteiger charge is -2.23. The van der Waals surface area contributed by atoms with Crippen LogP contribution in [0.15, 0.2) is 42.5 Å². The summed E-state index contributed by atoms with van der Waals surface area (Å²) < 4.78 is 20.0. The van der Waals surface area contributed by atoms with Gasteiger partial charge >= 0.3 is 0 Å². The summed E-state index contributed by atoms with van der Waals surface area (Å²) in [6.07, 6.45) is 2.28. The van der Waals surface area contributed by atoms with Gasteiger partial charge in [-0.05, 0) is 43.5 Å². The summed E-state index contributed by atoms with van der Waals surface area (Å²) >= 11 is 1.34. The maximum Gasteiger partial charge on any atom is 0.233 e. The molecule has 1 amide bonds. The number of nitrogens with zero attached hydrogens (tertiary/aromatic N) is 2. The minimum absolute atomic E-state index is 0.0179. The van der Waals surface area contributed by atoms with E-state index in [4.69, 9.17) is 4.74 Å². The van der Waals surface area contributed by atoms with Crippen LogP contribution in [0.4, 0.5) is 9.52 Å². The molecular formula is C21H21FN2O2S. The molecule has 0 spiro atoms. The van der Waals surface area contributed by atoms with Crippen LogP contribution in [-0.4, -0.2) is 30.1 Å². The third-order valence-corrected chi connectivity index (χ3v) is 5.76. The third kappa shape index (κ3) is 4.17. The number of hydrogen-bond acceptors (Lipinski definition) is 4. The van der Waals surface area contributed by atoms with Crippen LogP contribution < -0.4 is 4.90 Å². The highest BCUT2D eigenvalue weighted by atomic mass is 32.1. The highest BCUT2D eigenvalue weighted by Crippen LogP contribution is 2.31. The van der Waals surface area contributed by atoms with Crippen molar-refractivity contribution in [1.82, 2.24) is 4.98 Å². The molecular weight excluding hydrogens is 363 g/mol. The number of fused-ring (bicyclic) bond motifs is 1. The minimum atomic E-state index is -0.297. The van der Waals surface area contributed by atoms with Crippen LogP contribution in [0, 0.1) is 12.7 Å². The molecule has 0 radical (unpaired) electrons. The smallest absolute Gasteiger partial charge is 0.233 e. The molecule has 3 aromatic rings. The molecule has 4 nitrogen and oxygen atoms in total. The maximum atomic E-state index is 13.5. The molecule has 6 heteroatoms. The molecule has 1 aliphatic rings. The second kappa shape index (κ2) is 7.74. The first-order valence-electron chi connectivity index (χ1n) is 9.12. The van der Waals surface area contributed by atoms with Gasteiger partial charge in [0.05, 0.1) is 29.3 Å². The molecule has 0 saturated carbocycles. The number of carbonyl (C=O) groups excluding carboxylic acids is 1. The SMILES string of the molecule is Cc1cccc(CC(=O)N(CC2CCCO2)c2nc3ccc(F)cc3s2)c1. The van der Waals surface area contributed by atoms with Gasteiger partial charge in [0.15, 0.2) is 5.13 Å². The van der Waals surface area contributed by atoms with Crippen molar-refractivity contribution in [3.8, 4) is 0 Å². The summed E-state index contributed by atoms with van der Waals surface area (Å²) in [5.74, 6) is -0.315. The predicted molar refractivity (Wildman–Crippen MR) is 106 cm³/mol. The predicted octanol–water partition coefficient (Wildman–Crippen LogP) is 4.50. The van der Waals surface area contributed by atoms with Crippen molar-refractivity contribution < 1.29 is 13.9 Å². The number of thiazole rings is 1. The first kappa shape index (κ1) is 18.1. The van der Waals surface area contributed by atoms with Gasteiger partial charge in [0.2, 0.25) is 5.91 Å². The molecule has 2 aromatic carbocycles. The fraction of sp³-hybridized carbons (Fsp3) is 0.333. The van der Waals surface area contributed by atoms with E-state index >= 15 is 0 Å². The molecule has 1 aromatic heterocycles. The fourth-order valence-corrected chi connectivity index (χ4v) is 4.39. The van der Waals surface area contributed by atoms with Gasteiger partial charge in [-0.15, -0.1) is 0 Å². The number of anilines is 1. The number of amides is 1. The molecule has 4 rings (SSSR count). The topological polar surface area (TPSA) is 42.4 Å². The van der Waals surface area contributed by atoms with Crippen LogP contribution in [0.5, 0.6) is 0 Å².